The van der Waals surface area contributed by atoms with Crippen LogP contribution in [0.3, 0.4) is 0 Å². The molecule has 1 amide bonds. The van der Waals surface area contributed by atoms with E-state index in [1.807, 2.05) is 23.9 Å². The maximum absolute atomic E-state index is 11.7. The molecule has 13 heavy (non-hydrogen) atoms. The van der Waals surface area contributed by atoms with E-state index in [-0.39, 0.29) is 5.91 Å². The van der Waals surface area contributed by atoms with Gasteiger partial charge in [0.1, 0.15) is 0 Å². The Morgan fingerprint density at radius 3 is 2.77 bits per heavy atom. The summed E-state index contributed by atoms with van der Waals surface area (Å²) >= 11 is 0. The second-order valence-corrected chi connectivity index (χ2v) is 4.03. The second-order valence-electron chi connectivity index (χ2n) is 4.03. The Morgan fingerprint density at radius 2 is 2.23 bits per heavy atom. The molecule has 76 valence electrons. The first-order valence-corrected chi connectivity index (χ1v) is 5.09. The molecule has 0 spiro atoms. The third-order valence-electron chi connectivity index (χ3n) is 2.62. The molecule has 0 aromatic heterocycles. The Bertz CT molecular complexity index is 180. The molecular formula is C10H20N2O. The van der Waals surface area contributed by atoms with E-state index in [1.54, 1.807) is 0 Å². The van der Waals surface area contributed by atoms with Crippen LogP contribution >= 0.6 is 0 Å². The first-order valence-electron chi connectivity index (χ1n) is 5.09. The first kappa shape index (κ1) is 10.5. The smallest absolute Gasteiger partial charge is 0.236 e. The summed E-state index contributed by atoms with van der Waals surface area (Å²) in [6, 6.07) is 0.507. The molecule has 1 aliphatic rings. The summed E-state index contributed by atoms with van der Waals surface area (Å²) in [6.07, 6.45) is 3.46. The van der Waals surface area contributed by atoms with Crippen LogP contribution in [-0.4, -0.2) is 48.9 Å². The molecular weight excluding hydrogens is 164 g/mol. The molecule has 1 aliphatic heterocycles. The van der Waals surface area contributed by atoms with Gasteiger partial charge in [-0.3, -0.25) is 4.79 Å². The fraction of sp³-hybridized carbons (Fsp3) is 0.900. The third-order valence-corrected chi connectivity index (χ3v) is 2.62. The lowest BCUT2D eigenvalue weighted by molar-refractivity contribution is -0.132. The summed E-state index contributed by atoms with van der Waals surface area (Å²) in [5.41, 5.74) is 0. The topological polar surface area (TPSA) is 23.6 Å². The van der Waals surface area contributed by atoms with Crippen LogP contribution in [0.1, 0.15) is 26.2 Å². The molecule has 1 saturated heterocycles. The predicted octanol–water partition coefficient (Wildman–Crippen LogP) is 0.949. The molecule has 0 aromatic rings. The number of likely N-dealkylation sites (tertiary alicyclic amines) is 1. The van der Waals surface area contributed by atoms with E-state index < -0.39 is 0 Å². The number of hydrogen-bond acceptors (Lipinski definition) is 2. The number of rotatable bonds is 3. The molecule has 1 atom stereocenters. The van der Waals surface area contributed by atoms with E-state index in [2.05, 4.69) is 6.92 Å². The molecule has 0 N–H and O–H groups in total. The molecule has 1 unspecified atom stereocenters. The molecule has 0 aliphatic carbocycles. The van der Waals surface area contributed by atoms with E-state index in [9.17, 15) is 4.79 Å². The van der Waals surface area contributed by atoms with Crippen LogP contribution in [0.4, 0.5) is 0 Å². The number of nitrogens with zero attached hydrogens (tertiary/aromatic N) is 2. The van der Waals surface area contributed by atoms with Gasteiger partial charge in [-0.1, -0.05) is 6.92 Å². The lowest BCUT2D eigenvalue weighted by Gasteiger charge is -2.25. The van der Waals surface area contributed by atoms with Crippen molar-refractivity contribution in [1.82, 2.24) is 9.80 Å². The van der Waals surface area contributed by atoms with Gasteiger partial charge >= 0.3 is 0 Å². The Morgan fingerprint density at radius 1 is 1.54 bits per heavy atom. The van der Waals surface area contributed by atoms with Gasteiger partial charge in [0.15, 0.2) is 0 Å². The van der Waals surface area contributed by atoms with Crippen molar-refractivity contribution in [3.8, 4) is 0 Å². The Labute approximate surface area is 80.7 Å². The Kier molecular flexibility index (Phi) is 3.72. The standard InChI is InChI=1S/C10H20N2O/c1-4-9-6-5-7-12(9)10(13)8-11(2)3/h9H,4-8H2,1-3H3. The van der Waals surface area contributed by atoms with Gasteiger partial charge in [0.25, 0.3) is 0 Å². The number of hydrogen-bond donors (Lipinski definition) is 0. The molecule has 1 rings (SSSR count). The van der Waals surface area contributed by atoms with Crippen LogP contribution in [0.25, 0.3) is 0 Å². The minimum atomic E-state index is 0.286. The zero-order valence-electron chi connectivity index (χ0n) is 8.92. The van der Waals surface area contributed by atoms with Gasteiger partial charge in [-0.05, 0) is 33.4 Å². The SMILES string of the molecule is CCC1CCCN1C(=O)CN(C)C. The molecule has 3 nitrogen and oxygen atoms in total. The van der Waals surface area contributed by atoms with Gasteiger partial charge in [-0.2, -0.15) is 0 Å². The first-order chi connectivity index (χ1) is 6.15. The predicted molar refractivity (Wildman–Crippen MR) is 53.6 cm³/mol. The summed E-state index contributed by atoms with van der Waals surface area (Å²) in [5.74, 6) is 0.286. The van der Waals surface area contributed by atoms with E-state index in [4.69, 9.17) is 0 Å². The number of amides is 1. The van der Waals surface area contributed by atoms with Gasteiger partial charge < -0.3 is 9.80 Å². The van der Waals surface area contributed by atoms with Crippen molar-refractivity contribution in [2.45, 2.75) is 32.2 Å². The van der Waals surface area contributed by atoms with Gasteiger partial charge in [-0.25, -0.2) is 0 Å². The normalized spacial score (nSPS) is 22.8. The highest BCUT2D eigenvalue weighted by Gasteiger charge is 2.26. The van der Waals surface area contributed by atoms with E-state index in [0.717, 1.165) is 13.0 Å². The fourth-order valence-corrected chi connectivity index (χ4v) is 1.95. The highest BCUT2D eigenvalue weighted by atomic mass is 16.2. The van der Waals surface area contributed by atoms with Crippen molar-refractivity contribution < 1.29 is 4.79 Å². The average Bonchev–Trinajstić information content (AvgIpc) is 2.49. The van der Waals surface area contributed by atoms with E-state index in [1.165, 1.54) is 12.8 Å². The third kappa shape index (κ3) is 2.69. The lowest BCUT2D eigenvalue weighted by Crippen LogP contribution is -2.40. The molecule has 0 radical (unpaired) electrons. The highest BCUT2D eigenvalue weighted by molar-refractivity contribution is 5.78. The van der Waals surface area contributed by atoms with Gasteiger partial charge in [0, 0.05) is 12.6 Å². The number of carbonyl (C=O) groups excluding carboxylic acids is 1. The summed E-state index contributed by atoms with van der Waals surface area (Å²) < 4.78 is 0. The summed E-state index contributed by atoms with van der Waals surface area (Å²) in [7, 11) is 3.88. The highest BCUT2D eigenvalue weighted by Crippen LogP contribution is 2.19. The molecule has 0 bridgehead atoms. The number of carbonyl (C=O) groups is 1. The van der Waals surface area contributed by atoms with Crippen LogP contribution in [0.2, 0.25) is 0 Å². The fourth-order valence-electron chi connectivity index (χ4n) is 1.95. The Hall–Kier alpha value is -0.570. The maximum Gasteiger partial charge on any atom is 0.236 e. The van der Waals surface area contributed by atoms with E-state index in [0.29, 0.717) is 12.6 Å². The van der Waals surface area contributed by atoms with Crippen molar-refractivity contribution in [3.05, 3.63) is 0 Å². The molecule has 1 heterocycles. The monoisotopic (exact) mass is 184 g/mol. The van der Waals surface area contributed by atoms with Crippen molar-refractivity contribution in [2.75, 3.05) is 27.2 Å². The molecule has 0 saturated carbocycles. The largest absolute Gasteiger partial charge is 0.339 e. The summed E-state index contributed by atoms with van der Waals surface area (Å²) in [6.45, 7) is 3.67. The van der Waals surface area contributed by atoms with Crippen LogP contribution in [0, 0.1) is 0 Å². The van der Waals surface area contributed by atoms with Crippen molar-refractivity contribution in [2.24, 2.45) is 0 Å². The van der Waals surface area contributed by atoms with Crippen molar-refractivity contribution in [3.63, 3.8) is 0 Å². The quantitative estimate of drug-likeness (QED) is 0.652. The zero-order valence-corrected chi connectivity index (χ0v) is 8.92. The minimum absolute atomic E-state index is 0.286. The van der Waals surface area contributed by atoms with Gasteiger partial charge in [0.2, 0.25) is 5.91 Å². The van der Waals surface area contributed by atoms with Crippen molar-refractivity contribution >= 4 is 5.91 Å². The van der Waals surface area contributed by atoms with Crippen LogP contribution in [0.5, 0.6) is 0 Å². The van der Waals surface area contributed by atoms with Crippen LogP contribution in [0.15, 0.2) is 0 Å². The number of likely N-dealkylation sites (N-methyl/N-ethyl adjacent to an activating group) is 1. The maximum atomic E-state index is 11.7. The zero-order chi connectivity index (χ0) is 9.84. The van der Waals surface area contributed by atoms with Gasteiger partial charge in [0.05, 0.1) is 6.54 Å². The Balaban J connectivity index is 2.45. The van der Waals surface area contributed by atoms with Crippen LogP contribution in [-0.2, 0) is 4.79 Å². The second kappa shape index (κ2) is 4.61. The lowest BCUT2D eigenvalue weighted by atomic mass is 10.2. The summed E-state index contributed by atoms with van der Waals surface area (Å²) in [4.78, 5) is 15.7. The van der Waals surface area contributed by atoms with Gasteiger partial charge in [-0.15, -0.1) is 0 Å². The minimum Gasteiger partial charge on any atom is -0.339 e. The molecule has 0 aromatic carbocycles. The molecule has 1 fully saturated rings. The molecule has 3 heteroatoms. The average molecular weight is 184 g/mol. The van der Waals surface area contributed by atoms with Crippen molar-refractivity contribution in [1.29, 1.82) is 0 Å². The van der Waals surface area contributed by atoms with Crippen LogP contribution < -0.4 is 0 Å². The van der Waals surface area contributed by atoms with E-state index >= 15 is 0 Å². The summed E-state index contributed by atoms with van der Waals surface area (Å²) in [5, 5.41) is 0.